The number of nitrogens with zero attached hydrogens (tertiary/aromatic N) is 2. The van der Waals surface area contributed by atoms with Gasteiger partial charge in [-0.05, 0) is 29.8 Å². The first kappa shape index (κ1) is 16.9. The molecule has 0 fully saturated rings. The minimum atomic E-state index is -0.285. The monoisotopic (exact) mass is 343 g/mol. The second-order valence-electron chi connectivity index (χ2n) is 5.67. The Morgan fingerprint density at radius 3 is 3.08 bits per heavy atom. The fourth-order valence-electron chi connectivity index (χ4n) is 2.61. The molecule has 1 atom stereocenters. The minimum absolute atomic E-state index is 0.241. The van der Waals surface area contributed by atoms with Crippen LogP contribution in [-0.2, 0) is 11.3 Å². The molecule has 25 heavy (non-hydrogen) atoms. The molecule has 0 spiro atoms. The number of hydrogen-bond acceptors (Lipinski definition) is 5. The van der Waals surface area contributed by atoms with Crippen LogP contribution in [0.15, 0.2) is 47.8 Å². The third-order valence-electron chi connectivity index (χ3n) is 3.79. The van der Waals surface area contributed by atoms with Crippen molar-refractivity contribution in [1.82, 2.24) is 10.3 Å². The van der Waals surface area contributed by atoms with Gasteiger partial charge < -0.3 is 14.9 Å². The van der Waals surface area contributed by atoms with E-state index in [1.165, 1.54) is 19.2 Å². The molecule has 0 radical (unpaired) electrons. The summed E-state index contributed by atoms with van der Waals surface area (Å²) in [4.78, 5) is 21.6. The highest BCUT2D eigenvalue weighted by Gasteiger charge is 2.23. The molecule has 6 nitrogen and oxygen atoms in total. The van der Waals surface area contributed by atoms with Gasteiger partial charge in [0.15, 0.2) is 0 Å². The Morgan fingerprint density at radius 1 is 1.40 bits per heavy atom. The highest BCUT2D eigenvalue weighted by molar-refractivity contribution is 5.96. The van der Waals surface area contributed by atoms with Crippen LogP contribution in [0.2, 0.25) is 0 Å². The molecule has 1 aliphatic rings. The Bertz CT molecular complexity index is 795. The molecule has 1 N–H and O–H groups in total. The summed E-state index contributed by atoms with van der Waals surface area (Å²) in [5.74, 6) is -0.284. The predicted octanol–water partition coefficient (Wildman–Crippen LogP) is 2.35. The highest BCUT2D eigenvalue weighted by Crippen LogP contribution is 2.16. The molecule has 0 saturated heterocycles. The van der Waals surface area contributed by atoms with Crippen LogP contribution in [0.1, 0.15) is 22.3 Å². The van der Waals surface area contributed by atoms with E-state index in [1.807, 2.05) is 6.07 Å². The molecule has 0 aliphatic carbocycles. The lowest BCUT2D eigenvalue weighted by Crippen LogP contribution is -2.32. The Hall–Kier alpha value is -2.96. The number of benzene rings is 1. The van der Waals surface area contributed by atoms with Gasteiger partial charge in [0.2, 0.25) is 5.88 Å². The third-order valence-corrected chi connectivity index (χ3v) is 3.79. The summed E-state index contributed by atoms with van der Waals surface area (Å²) in [5, 5.41) is 6.82. The Kier molecular flexibility index (Phi) is 5.23. The summed E-state index contributed by atoms with van der Waals surface area (Å²) in [5.41, 5.74) is 2.03. The topological polar surface area (TPSA) is 72.8 Å². The van der Waals surface area contributed by atoms with Gasteiger partial charge in [-0.25, -0.2) is 9.37 Å². The molecule has 1 aromatic carbocycles. The Labute approximate surface area is 144 Å². The van der Waals surface area contributed by atoms with E-state index in [-0.39, 0.29) is 23.7 Å². The summed E-state index contributed by atoms with van der Waals surface area (Å²) in [6, 6.07) is 9.70. The molecule has 0 unspecified atom stereocenters. The van der Waals surface area contributed by atoms with Crippen molar-refractivity contribution in [3.63, 3.8) is 0 Å². The van der Waals surface area contributed by atoms with Crippen molar-refractivity contribution in [3.8, 4) is 5.88 Å². The maximum Gasteiger partial charge on any atom is 0.256 e. The van der Waals surface area contributed by atoms with Crippen LogP contribution in [0, 0.1) is 5.82 Å². The molecular formula is C18H18FN3O3. The van der Waals surface area contributed by atoms with Gasteiger partial charge in [0.25, 0.3) is 5.91 Å². The zero-order chi connectivity index (χ0) is 17.6. The number of ether oxygens (including phenoxy) is 1. The molecule has 3 rings (SSSR count). The largest absolute Gasteiger partial charge is 0.480 e. The van der Waals surface area contributed by atoms with E-state index in [2.05, 4.69) is 15.5 Å². The van der Waals surface area contributed by atoms with Crippen LogP contribution in [-0.4, -0.2) is 36.4 Å². The Morgan fingerprint density at radius 2 is 2.28 bits per heavy atom. The standard InChI is InChI=1S/C18H18FN3O3/c1-24-18-16(6-3-7-20-18)17(23)21-11-15-10-14(22-25-15)9-12-4-2-5-13(19)8-12/h2-8,15H,9-11H2,1H3,(H,21,23)/t15-/m1/s1. The van der Waals surface area contributed by atoms with Gasteiger partial charge in [-0.2, -0.15) is 0 Å². The highest BCUT2D eigenvalue weighted by atomic mass is 19.1. The lowest BCUT2D eigenvalue weighted by molar-refractivity contribution is 0.0751. The quantitative estimate of drug-likeness (QED) is 0.874. The van der Waals surface area contributed by atoms with Crippen LogP contribution in [0.4, 0.5) is 4.39 Å². The number of pyridine rings is 1. The van der Waals surface area contributed by atoms with Crippen molar-refractivity contribution in [2.24, 2.45) is 5.16 Å². The summed E-state index contributed by atoms with van der Waals surface area (Å²) in [6.45, 7) is 0.313. The molecule has 2 aromatic rings. The van der Waals surface area contributed by atoms with Crippen molar-refractivity contribution in [2.45, 2.75) is 18.9 Å². The van der Waals surface area contributed by atoms with Gasteiger partial charge >= 0.3 is 0 Å². The fourth-order valence-corrected chi connectivity index (χ4v) is 2.61. The average molecular weight is 343 g/mol. The summed E-state index contributed by atoms with van der Waals surface area (Å²) >= 11 is 0. The zero-order valence-corrected chi connectivity index (χ0v) is 13.7. The number of methoxy groups -OCH3 is 1. The number of carbonyl (C=O) groups is 1. The number of amides is 1. The van der Waals surface area contributed by atoms with E-state index < -0.39 is 0 Å². The normalized spacial score (nSPS) is 16.1. The smallest absolute Gasteiger partial charge is 0.256 e. The first-order valence-electron chi connectivity index (χ1n) is 7.89. The number of oxime groups is 1. The Balaban J connectivity index is 1.50. The first-order chi connectivity index (χ1) is 12.2. The molecule has 130 valence electrons. The van der Waals surface area contributed by atoms with Crippen molar-refractivity contribution < 1.29 is 18.8 Å². The van der Waals surface area contributed by atoms with Gasteiger partial charge in [0, 0.05) is 19.0 Å². The van der Waals surface area contributed by atoms with E-state index in [4.69, 9.17) is 9.57 Å². The lowest BCUT2D eigenvalue weighted by atomic mass is 10.0. The lowest BCUT2D eigenvalue weighted by Gasteiger charge is -2.11. The summed E-state index contributed by atoms with van der Waals surface area (Å²) in [7, 11) is 1.46. The molecule has 1 amide bonds. The van der Waals surface area contributed by atoms with E-state index in [9.17, 15) is 9.18 Å². The number of nitrogens with one attached hydrogen (secondary N) is 1. The average Bonchev–Trinajstić information content (AvgIpc) is 3.07. The summed E-state index contributed by atoms with van der Waals surface area (Å²) in [6.07, 6.45) is 2.43. The number of halogens is 1. The molecular weight excluding hydrogens is 325 g/mol. The van der Waals surface area contributed by atoms with Gasteiger partial charge in [-0.3, -0.25) is 4.79 Å². The second-order valence-corrected chi connectivity index (χ2v) is 5.67. The van der Waals surface area contributed by atoms with Crippen molar-refractivity contribution in [3.05, 3.63) is 59.5 Å². The van der Waals surface area contributed by atoms with Crippen molar-refractivity contribution in [1.29, 1.82) is 0 Å². The molecule has 0 bridgehead atoms. The molecule has 1 aromatic heterocycles. The van der Waals surface area contributed by atoms with Crippen molar-refractivity contribution in [2.75, 3.05) is 13.7 Å². The van der Waals surface area contributed by atoms with Gasteiger partial charge in [-0.1, -0.05) is 17.3 Å². The third kappa shape index (κ3) is 4.32. The van der Waals surface area contributed by atoms with Gasteiger partial charge in [0.05, 0.1) is 19.4 Å². The van der Waals surface area contributed by atoms with Gasteiger partial charge in [-0.15, -0.1) is 0 Å². The number of rotatable bonds is 6. The van der Waals surface area contributed by atoms with Gasteiger partial charge in [0.1, 0.15) is 17.5 Å². The molecule has 1 aliphatic heterocycles. The van der Waals surface area contributed by atoms with Crippen LogP contribution in [0.25, 0.3) is 0 Å². The zero-order valence-electron chi connectivity index (χ0n) is 13.7. The fraction of sp³-hybridized carbons (Fsp3) is 0.278. The van der Waals surface area contributed by atoms with E-state index in [0.29, 0.717) is 24.9 Å². The molecule has 0 saturated carbocycles. The number of hydrogen-bond donors (Lipinski definition) is 1. The first-order valence-corrected chi connectivity index (χ1v) is 7.89. The summed E-state index contributed by atoms with van der Waals surface area (Å²) < 4.78 is 18.3. The van der Waals surface area contributed by atoms with Crippen LogP contribution < -0.4 is 10.1 Å². The van der Waals surface area contributed by atoms with Crippen LogP contribution >= 0.6 is 0 Å². The van der Waals surface area contributed by atoms with E-state index >= 15 is 0 Å². The van der Waals surface area contributed by atoms with Crippen LogP contribution in [0.3, 0.4) is 0 Å². The second kappa shape index (κ2) is 7.74. The maximum absolute atomic E-state index is 13.2. The van der Waals surface area contributed by atoms with Crippen LogP contribution in [0.5, 0.6) is 5.88 Å². The van der Waals surface area contributed by atoms with E-state index in [1.54, 1.807) is 24.4 Å². The SMILES string of the molecule is COc1ncccc1C(=O)NC[C@H]1CC(Cc2cccc(F)c2)=NO1. The van der Waals surface area contributed by atoms with Crippen molar-refractivity contribution >= 4 is 11.6 Å². The predicted molar refractivity (Wildman–Crippen MR) is 90.2 cm³/mol. The maximum atomic E-state index is 13.2. The molecule has 7 heteroatoms. The number of carbonyl (C=O) groups excluding carboxylic acids is 1. The minimum Gasteiger partial charge on any atom is -0.480 e. The van der Waals surface area contributed by atoms with E-state index in [0.717, 1.165) is 11.3 Å². The molecule has 2 heterocycles. The number of aromatic nitrogens is 1.